The number of anilines is 2. The maximum atomic E-state index is 9.45. The molecule has 0 unspecified atom stereocenters. The van der Waals surface area contributed by atoms with Gasteiger partial charge in [-0.25, -0.2) is 0 Å². The van der Waals surface area contributed by atoms with Gasteiger partial charge in [0, 0.05) is 18.1 Å². The lowest BCUT2D eigenvalue weighted by molar-refractivity contribution is 0.277. The Hall–Kier alpha value is -2.39. The molecule has 0 aliphatic rings. The number of hydrogen-bond donors (Lipinski definition) is 1. The Bertz CT molecular complexity index is 783. The highest BCUT2D eigenvalue weighted by Crippen LogP contribution is 2.32. The summed E-state index contributed by atoms with van der Waals surface area (Å²) in [5.41, 5.74) is 5.01. The fourth-order valence-corrected chi connectivity index (χ4v) is 2.64. The molecule has 0 aliphatic carbocycles. The molecule has 3 heteroatoms. The molecule has 21 heavy (non-hydrogen) atoms. The zero-order valence-electron chi connectivity index (χ0n) is 12.2. The minimum Gasteiger partial charge on any atom is -0.390 e. The van der Waals surface area contributed by atoms with Gasteiger partial charge in [-0.3, -0.25) is 4.98 Å². The highest BCUT2D eigenvalue weighted by molar-refractivity contribution is 5.94. The Kier molecular flexibility index (Phi) is 3.59. The first-order valence-corrected chi connectivity index (χ1v) is 6.99. The number of benzene rings is 2. The summed E-state index contributed by atoms with van der Waals surface area (Å²) in [6.45, 7) is 2.04. The first-order chi connectivity index (χ1) is 10.2. The van der Waals surface area contributed by atoms with Gasteiger partial charge in [-0.05, 0) is 30.7 Å². The lowest BCUT2D eigenvalue weighted by atomic mass is 10.1. The van der Waals surface area contributed by atoms with Crippen molar-refractivity contribution < 1.29 is 5.11 Å². The minimum absolute atomic E-state index is 0.0561. The second-order valence-electron chi connectivity index (χ2n) is 5.15. The number of aryl methyl sites for hydroxylation is 1. The van der Waals surface area contributed by atoms with Crippen molar-refractivity contribution in [1.82, 2.24) is 4.98 Å². The molecule has 106 valence electrons. The van der Waals surface area contributed by atoms with Gasteiger partial charge in [0.15, 0.2) is 0 Å². The Morgan fingerprint density at radius 3 is 2.48 bits per heavy atom. The van der Waals surface area contributed by atoms with Crippen LogP contribution in [-0.2, 0) is 6.61 Å². The van der Waals surface area contributed by atoms with E-state index in [0.717, 1.165) is 22.3 Å². The summed E-state index contributed by atoms with van der Waals surface area (Å²) in [4.78, 5) is 6.63. The zero-order valence-corrected chi connectivity index (χ0v) is 12.2. The van der Waals surface area contributed by atoms with Crippen LogP contribution in [0, 0.1) is 6.92 Å². The predicted octanol–water partition coefficient (Wildman–Crippen LogP) is 3.80. The molecule has 0 radical (unpaired) electrons. The number of aromatic nitrogens is 1. The van der Waals surface area contributed by atoms with Crippen LogP contribution in [0.2, 0.25) is 0 Å². The third-order valence-electron chi connectivity index (χ3n) is 3.75. The van der Waals surface area contributed by atoms with Gasteiger partial charge in [0.25, 0.3) is 0 Å². The second-order valence-corrected chi connectivity index (χ2v) is 5.15. The average molecular weight is 278 g/mol. The molecule has 0 saturated carbocycles. The van der Waals surface area contributed by atoms with Crippen molar-refractivity contribution in [2.45, 2.75) is 13.5 Å². The highest BCUT2D eigenvalue weighted by Gasteiger charge is 2.12. The van der Waals surface area contributed by atoms with Gasteiger partial charge in [-0.1, -0.05) is 36.4 Å². The molecule has 0 aliphatic heterocycles. The summed E-state index contributed by atoms with van der Waals surface area (Å²) in [6, 6.07) is 18.2. The predicted molar refractivity (Wildman–Crippen MR) is 86.9 cm³/mol. The molecule has 3 rings (SSSR count). The number of hydrogen-bond acceptors (Lipinski definition) is 3. The quantitative estimate of drug-likeness (QED) is 0.791. The van der Waals surface area contributed by atoms with E-state index in [1.165, 1.54) is 5.56 Å². The van der Waals surface area contributed by atoms with Crippen LogP contribution < -0.4 is 4.90 Å². The number of fused-ring (bicyclic) bond motifs is 1. The fraction of sp³-hybridized carbons (Fsp3) is 0.167. The molecule has 1 heterocycles. The fourth-order valence-electron chi connectivity index (χ4n) is 2.64. The minimum atomic E-state index is -0.0561. The topological polar surface area (TPSA) is 36.4 Å². The number of rotatable bonds is 3. The molecule has 0 atom stereocenters. The summed E-state index contributed by atoms with van der Waals surface area (Å²) in [5, 5.41) is 10.5. The normalized spacial score (nSPS) is 10.8. The van der Waals surface area contributed by atoms with E-state index in [0.29, 0.717) is 5.69 Å². The van der Waals surface area contributed by atoms with E-state index in [4.69, 9.17) is 0 Å². The maximum Gasteiger partial charge on any atom is 0.0854 e. The summed E-state index contributed by atoms with van der Waals surface area (Å²) in [7, 11) is 2.05. The molecule has 2 aromatic carbocycles. The first kappa shape index (κ1) is 13.6. The van der Waals surface area contributed by atoms with Gasteiger partial charge < -0.3 is 10.0 Å². The molecule has 0 bridgehead atoms. The molecule has 1 N–H and O–H groups in total. The van der Waals surface area contributed by atoms with Gasteiger partial charge in [0.1, 0.15) is 0 Å². The molecular formula is C18H18N2O. The van der Waals surface area contributed by atoms with Crippen molar-refractivity contribution >= 4 is 22.3 Å². The Morgan fingerprint density at radius 1 is 1.00 bits per heavy atom. The van der Waals surface area contributed by atoms with E-state index >= 15 is 0 Å². The Balaban J connectivity index is 2.21. The average Bonchev–Trinajstić information content (AvgIpc) is 2.53. The summed E-state index contributed by atoms with van der Waals surface area (Å²) < 4.78 is 0. The third kappa shape index (κ3) is 2.48. The Labute approximate surface area is 124 Å². The molecule has 3 nitrogen and oxygen atoms in total. The van der Waals surface area contributed by atoms with Crippen LogP contribution in [0.15, 0.2) is 54.6 Å². The summed E-state index contributed by atoms with van der Waals surface area (Å²) >= 11 is 0. The van der Waals surface area contributed by atoms with Crippen molar-refractivity contribution in [3.8, 4) is 0 Å². The van der Waals surface area contributed by atoms with Crippen molar-refractivity contribution in [2.75, 3.05) is 11.9 Å². The molecular weight excluding hydrogens is 260 g/mol. The zero-order chi connectivity index (χ0) is 14.8. The van der Waals surface area contributed by atoms with E-state index in [1.54, 1.807) is 0 Å². The van der Waals surface area contributed by atoms with Gasteiger partial charge in [0.2, 0.25) is 0 Å². The van der Waals surface area contributed by atoms with E-state index in [-0.39, 0.29) is 6.61 Å². The lowest BCUT2D eigenvalue weighted by Gasteiger charge is -2.23. The SMILES string of the molecule is Cc1ccccc1N(C)c1cc(CO)nc2ccccc12. The molecule has 0 amide bonds. The van der Waals surface area contributed by atoms with Crippen LogP contribution in [0.4, 0.5) is 11.4 Å². The molecule has 0 fully saturated rings. The highest BCUT2D eigenvalue weighted by atomic mass is 16.3. The van der Waals surface area contributed by atoms with Crippen molar-refractivity contribution in [3.05, 3.63) is 65.9 Å². The number of pyridine rings is 1. The number of nitrogens with zero attached hydrogens (tertiary/aromatic N) is 2. The van der Waals surface area contributed by atoms with Crippen LogP contribution in [0.3, 0.4) is 0 Å². The van der Waals surface area contributed by atoms with Gasteiger partial charge in [-0.15, -0.1) is 0 Å². The molecule has 0 saturated heterocycles. The Morgan fingerprint density at radius 2 is 1.71 bits per heavy atom. The van der Waals surface area contributed by atoms with E-state index in [1.807, 2.05) is 43.4 Å². The van der Waals surface area contributed by atoms with Crippen molar-refractivity contribution in [2.24, 2.45) is 0 Å². The van der Waals surface area contributed by atoms with E-state index in [9.17, 15) is 5.11 Å². The van der Waals surface area contributed by atoms with Gasteiger partial charge in [0.05, 0.1) is 23.5 Å². The van der Waals surface area contributed by atoms with Crippen molar-refractivity contribution in [3.63, 3.8) is 0 Å². The molecule has 0 spiro atoms. The summed E-state index contributed by atoms with van der Waals surface area (Å²) in [6.07, 6.45) is 0. The number of aliphatic hydroxyl groups excluding tert-OH is 1. The van der Waals surface area contributed by atoms with E-state index < -0.39 is 0 Å². The van der Waals surface area contributed by atoms with E-state index in [2.05, 4.69) is 35.0 Å². The largest absolute Gasteiger partial charge is 0.390 e. The summed E-state index contributed by atoms with van der Waals surface area (Å²) in [5.74, 6) is 0. The maximum absolute atomic E-state index is 9.45. The number of para-hydroxylation sites is 2. The second kappa shape index (κ2) is 5.54. The van der Waals surface area contributed by atoms with Gasteiger partial charge in [-0.2, -0.15) is 0 Å². The van der Waals surface area contributed by atoms with Crippen LogP contribution in [-0.4, -0.2) is 17.1 Å². The smallest absolute Gasteiger partial charge is 0.0854 e. The lowest BCUT2D eigenvalue weighted by Crippen LogP contribution is -2.12. The van der Waals surface area contributed by atoms with Crippen molar-refractivity contribution in [1.29, 1.82) is 0 Å². The standard InChI is InChI=1S/C18H18N2O/c1-13-7-3-6-10-17(13)20(2)18-11-14(12-21)19-16-9-5-4-8-15(16)18/h3-11,21H,12H2,1-2H3. The molecule has 3 aromatic rings. The number of aliphatic hydroxyl groups is 1. The van der Waals surface area contributed by atoms with Gasteiger partial charge >= 0.3 is 0 Å². The van der Waals surface area contributed by atoms with Crippen LogP contribution in [0.1, 0.15) is 11.3 Å². The first-order valence-electron chi connectivity index (χ1n) is 6.99. The van der Waals surface area contributed by atoms with Crippen LogP contribution in [0.5, 0.6) is 0 Å². The van der Waals surface area contributed by atoms with Crippen LogP contribution in [0.25, 0.3) is 10.9 Å². The third-order valence-corrected chi connectivity index (χ3v) is 3.75. The molecule has 1 aromatic heterocycles. The van der Waals surface area contributed by atoms with Crippen LogP contribution >= 0.6 is 0 Å². The monoisotopic (exact) mass is 278 g/mol.